The van der Waals surface area contributed by atoms with Gasteiger partial charge in [-0.15, -0.1) is 0 Å². The normalized spacial score (nSPS) is 10.8. The Morgan fingerprint density at radius 3 is 2.29 bits per heavy atom. The van der Waals surface area contributed by atoms with Gasteiger partial charge in [-0.2, -0.15) is 5.10 Å². The van der Waals surface area contributed by atoms with Gasteiger partial charge in [-0.25, -0.2) is 5.43 Å². The van der Waals surface area contributed by atoms with Crippen molar-refractivity contribution in [2.24, 2.45) is 5.10 Å². The van der Waals surface area contributed by atoms with Crippen LogP contribution in [0.1, 0.15) is 21.5 Å². The quantitative estimate of drug-likeness (QED) is 0.249. The fourth-order valence-corrected chi connectivity index (χ4v) is 3.77. The molecule has 34 heavy (non-hydrogen) atoms. The SMILES string of the molecule is COc1cc(OC)cc(C(=O)N/N=C\c2cc(OC)c(OCc3ccc(Cl)cc3Cl)cc2Br)c1. The van der Waals surface area contributed by atoms with E-state index in [9.17, 15) is 4.79 Å². The Morgan fingerprint density at radius 1 is 0.971 bits per heavy atom. The highest BCUT2D eigenvalue weighted by Gasteiger charge is 2.12. The Bertz CT molecular complexity index is 1200. The third-order valence-corrected chi connectivity index (χ3v) is 5.94. The van der Waals surface area contributed by atoms with E-state index in [1.165, 1.54) is 27.5 Å². The number of hydrazone groups is 1. The molecule has 0 aliphatic carbocycles. The molecule has 178 valence electrons. The Morgan fingerprint density at radius 2 is 1.68 bits per heavy atom. The van der Waals surface area contributed by atoms with Crippen molar-refractivity contribution in [2.75, 3.05) is 21.3 Å². The smallest absolute Gasteiger partial charge is 0.271 e. The highest BCUT2D eigenvalue weighted by Crippen LogP contribution is 2.34. The fraction of sp³-hybridized carbons (Fsp3) is 0.167. The molecule has 0 fully saturated rings. The van der Waals surface area contributed by atoms with Crippen LogP contribution in [0.15, 0.2) is 58.1 Å². The Hall–Kier alpha value is -2.94. The lowest BCUT2D eigenvalue weighted by Gasteiger charge is -2.13. The molecule has 0 unspecified atom stereocenters. The second-order valence-electron chi connectivity index (χ2n) is 6.85. The second-order valence-corrected chi connectivity index (χ2v) is 8.55. The molecule has 0 saturated heterocycles. The van der Waals surface area contributed by atoms with E-state index in [4.69, 9.17) is 42.1 Å². The number of nitrogens with one attached hydrogen (secondary N) is 1. The van der Waals surface area contributed by atoms with Gasteiger partial charge >= 0.3 is 0 Å². The van der Waals surface area contributed by atoms with Crippen molar-refractivity contribution in [3.63, 3.8) is 0 Å². The lowest BCUT2D eigenvalue weighted by Crippen LogP contribution is -2.17. The number of benzene rings is 3. The van der Waals surface area contributed by atoms with E-state index in [0.29, 0.717) is 48.6 Å². The average Bonchev–Trinajstić information content (AvgIpc) is 2.84. The summed E-state index contributed by atoms with van der Waals surface area (Å²) in [5.74, 6) is 1.56. The van der Waals surface area contributed by atoms with Gasteiger partial charge in [0.2, 0.25) is 0 Å². The van der Waals surface area contributed by atoms with Crippen LogP contribution in [0.5, 0.6) is 23.0 Å². The zero-order chi connectivity index (χ0) is 24.7. The summed E-state index contributed by atoms with van der Waals surface area (Å²) in [6, 6.07) is 13.5. The number of methoxy groups -OCH3 is 3. The summed E-state index contributed by atoms with van der Waals surface area (Å²) in [5.41, 5.74) is 4.28. The maximum Gasteiger partial charge on any atom is 0.271 e. The van der Waals surface area contributed by atoms with E-state index in [-0.39, 0.29) is 6.61 Å². The van der Waals surface area contributed by atoms with Gasteiger partial charge in [0.05, 0.1) is 27.5 Å². The van der Waals surface area contributed by atoms with Crippen LogP contribution in [0, 0.1) is 0 Å². The number of hydrogen-bond acceptors (Lipinski definition) is 6. The van der Waals surface area contributed by atoms with Crippen molar-refractivity contribution >= 4 is 51.3 Å². The first kappa shape index (κ1) is 25.7. The van der Waals surface area contributed by atoms with Crippen LogP contribution in [-0.4, -0.2) is 33.5 Å². The molecule has 1 amide bonds. The molecule has 3 rings (SSSR count). The highest BCUT2D eigenvalue weighted by atomic mass is 79.9. The maximum absolute atomic E-state index is 12.5. The Balaban J connectivity index is 1.72. The van der Waals surface area contributed by atoms with Gasteiger partial charge in [-0.05, 0) is 52.3 Å². The standard InChI is InChI=1S/C24H21BrCl2N2O5/c1-31-18-6-15(7-19(10-18)32-2)24(30)29-28-12-16-8-22(33-3)23(11-20(16)25)34-13-14-4-5-17(26)9-21(14)27/h4-12H,13H2,1-3H3,(H,29,30)/b28-12-. The van der Waals surface area contributed by atoms with Crippen molar-refractivity contribution in [3.8, 4) is 23.0 Å². The van der Waals surface area contributed by atoms with Gasteiger partial charge in [-0.1, -0.05) is 29.3 Å². The van der Waals surface area contributed by atoms with Crippen molar-refractivity contribution in [1.82, 2.24) is 5.43 Å². The molecule has 0 radical (unpaired) electrons. The van der Waals surface area contributed by atoms with Gasteiger partial charge in [0.1, 0.15) is 18.1 Å². The second kappa shape index (κ2) is 12.0. The van der Waals surface area contributed by atoms with E-state index < -0.39 is 5.91 Å². The van der Waals surface area contributed by atoms with Crippen molar-refractivity contribution < 1.29 is 23.7 Å². The van der Waals surface area contributed by atoms with Crippen LogP contribution in [0.3, 0.4) is 0 Å². The van der Waals surface area contributed by atoms with Gasteiger partial charge < -0.3 is 18.9 Å². The summed E-state index contributed by atoms with van der Waals surface area (Å²) in [7, 11) is 4.55. The molecule has 0 aliphatic rings. The average molecular weight is 568 g/mol. The number of nitrogens with zero attached hydrogens (tertiary/aromatic N) is 1. The molecule has 0 saturated carbocycles. The van der Waals surface area contributed by atoms with Crippen LogP contribution < -0.4 is 24.4 Å². The molecule has 0 heterocycles. The van der Waals surface area contributed by atoms with Crippen LogP contribution >= 0.6 is 39.1 Å². The number of hydrogen-bond donors (Lipinski definition) is 1. The lowest BCUT2D eigenvalue weighted by atomic mass is 10.2. The first-order valence-electron chi connectivity index (χ1n) is 9.85. The number of carbonyl (C=O) groups is 1. The number of amides is 1. The monoisotopic (exact) mass is 566 g/mol. The fourth-order valence-electron chi connectivity index (χ4n) is 2.88. The van der Waals surface area contributed by atoms with Crippen LogP contribution in [0.25, 0.3) is 0 Å². The lowest BCUT2D eigenvalue weighted by molar-refractivity contribution is 0.0954. The van der Waals surface area contributed by atoms with Crippen molar-refractivity contribution in [1.29, 1.82) is 0 Å². The summed E-state index contributed by atoms with van der Waals surface area (Å²) < 4.78 is 22.4. The summed E-state index contributed by atoms with van der Waals surface area (Å²) in [6.45, 7) is 0.228. The predicted molar refractivity (Wildman–Crippen MR) is 136 cm³/mol. The van der Waals surface area contributed by atoms with Crippen LogP contribution in [0.4, 0.5) is 0 Å². The molecular formula is C24H21BrCl2N2O5. The summed E-state index contributed by atoms with van der Waals surface area (Å²) in [4.78, 5) is 12.5. The minimum absolute atomic E-state index is 0.228. The topological polar surface area (TPSA) is 78.4 Å². The van der Waals surface area contributed by atoms with E-state index in [1.54, 1.807) is 48.5 Å². The molecule has 0 aromatic heterocycles. The summed E-state index contributed by atoms with van der Waals surface area (Å²) in [5, 5.41) is 5.11. The summed E-state index contributed by atoms with van der Waals surface area (Å²) in [6.07, 6.45) is 1.49. The molecule has 0 bridgehead atoms. The van der Waals surface area contributed by atoms with E-state index in [0.717, 1.165) is 5.56 Å². The zero-order valence-electron chi connectivity index (χ0n) is 18.5. The molecular weight excluding hydrogens is 547 g/mol. The maximum atomic E-state index is 12.5. The minimum atomic E-state index is -0.420. The molecule has 3 aromatic carbocycles. The first-order chi connectivity index (χ1) is 16.3. The predicted octanol–water partition coefficient (Wildman–Crippen LogP) is 6.12. The number of carbonyl (C=O) groups excluding carboxylic acids is 1. The van der Waals surface area contributed by atoms with Gasteiger partial charge in [0, 0.05) is 37.3 Å². The van der Waals surface area contributed by atoms with Gasteiger partial charge in [0.25, 0.3) is 5.91 Å². The molecule has 3 aromatic rings. The van der Waals surface area contributed by atoms with E-state index in [1.807, 2.05) is 0 Å². The minimum Gasteiger partial charge on any atom is -0.497 e. The Kier molecular flexibility index (Phi) is 9.04. The van der Waals surface area contributed by atoms with Crippen LogP contribution in [-0.2, 0) is 6.61 Å². The molecule has 0 spiro atoms. The number of halogens is 3. The molecule has 1 N–H and O–H groups in total. The molecule has 7 nitrogen and oxygen atoms in total. The van der Waals surface area contributed by atoms with Crippen molar-refractivity contribution in [2.45, 2.75) is 6.61 Å². The highest BCUT2D eigenvalue weighted by molar-refractivity contribution is 9.10. The van der Waals surface area contributed by atoms with Crippen LogP contribution in [0.2, 0.25) is 10.0 Å². The largest absolute Gasteiger partial charge is 0.497 e. The molecule has 10 heteroatoms. The van der Waals surface area contributed by atoms with E-state index in [2.05, 4.69) is 26.5 Å². The first-order valence-corrected chi connectivity index (χ1v) is 11.4. The zero-order valence-corrected chi connectivity index (χ0v) is 21.6. The molecule has 0 aliphatic heterocycles. The number of ether oxygens (including phenoxy) is 4. The number of rotatable bonds is 9. The Labute approximate surface area is 215 Å². The summed E-state index contributed by atoms with van der Waals surface area (Å²) >= 11 is 15.7. The van der Waals surface area contributed by atoms with Gasteiger partial charge in [-0.3, -0.25) is 4.79 Å². The molecule has 0 atom stereocenters. The third kappa shape index (κ3) is 6.56. The van der Waals surface area contributed by atoms with Crippen molar-refractivity contribution in [3.05, 3.63) is 79.7 Å². The van der Waals surface area contributed by atoms with E-state index >= 15 is 0 Å². The third-order valence-electron chi connectivity index (χ3n) is 4.66. The van der Waals surface area contributed by atoms with Gasteiger partial charge in [0.15, 0.2) is 11.5 Å².